The molecule has 3 unspecified atom stereocenters. The number of urea groups is 1. The third-order valence-electron chi connectivity index (χ3n) is 10.0. The lowest BCUT2D eigenvalue weighted by atomic mass is 9.87. The van der Waals surface area contributed by atoms with Crippen molar-refractivity contribution in [2.75, 3.05) is 19.6 Å². The zero-order valence-corrected chi connectivity index (χ0v) is 31.0. The number of H-pyrrole nitrogens is 1. The molecule has 1 aromatic heterocycles. The van der Waals surface area contributed by atoms with Crippen LogP contribution in [0.2, 0.25) is 0 Å². The summed E-state index contributed by atoms with van der Waals surface area (Å²) in [4.78, 5) is 63.6. The van der Waals surface area contributed by atoms with Gasteiger partial charge in [-0.1, -0.05) is 101 Å². The molecular formula is C42H50N6O5. The van der Waals surface area contributed by atoms with Gasteiger partial charge in [-0.25, -0.2) is 14.8 Å². The number of aromatic amines is 1. The third kappa shape index (κ3) is 8.00. The minimum atomic E-state index is -0.924. The number of carbonyl (C=O) groups is 4. The summed E-state index contributed by atoms with van der Waals surface area (Å²) in [5.41, 5.74) is 3.79. The van der Waals surface area contributed by atoms with Crippen LogP contribution < -0.4 is 5.32 Å². The summed E-state index contributed by atoms with van der Waals surface area (Å²) in [6.07, 6.45) is 4.54. The van der Waals surface area contributed by atoms with Crippen LogP contribution in [-0.2, 0) is 22.6 Å². The number of piperazine rings is 1. The average Bonchev–Trinajstić information content (AvgIpc) is 3.57. The number of ketones is 1. The number of nitrogens with zero attached hydrogens (tertiary/aromatic N) is 4. The van der Waals surface area contributed by atoms with Gasteiger partial charge in [0.1, 0.15) is 18.0 Å². The Labute approximate surface area is 311 Å². The predicted molar refractivity (Wildman–Crippen MR) is 205 cm³/mol. The molecule has 11 nitrogen and oxygen atoms in total. The van der Waals surface area contributed by atoms with E-state index in [2.05, 4.69) is 23.8 Å². The number of fused-ring (bicyclic) bond motifs is 2. The first-order chi connectivity index (χ1) is 25.4. The van der Waals surface area contributed by atoms with Crippen molar-refractivity contribution >= 4 is 34.5 Å². The molecule has 53 heavy (non-hydrogen) atoms. The van der Waals surface area contributed by atoms with E-state index in [0.717, 1.165) is 34.0 Å². The number of aromatic hydroxyl groups is 1. The number of aromatic nitrogens is 1. The van der Waals surface area contributed by atoms with Crippen molar-refractivity contribution in [1.82, 2.24) is 30.1 Å². The SMILES string of the molecule is C=CCN1CC(=O)N2C(Cc3ccc(O)cc3)C(=O)N(C(CCC)c3cccc4c(C(=O)CC(C)(C)C)c[nH]c34)CC2N1C(=O)NCc1ccccc1. The Kier molecular flexibility index (Phi) is 11.0. The van der Waals surface area contributed by atoms with Crippen LogP contribution in [0.15, 0.2) is 91.6 Å². The Hall–Kier alpha value is -5.42. The molecule has 3 atom stereocenters. The number of carbonyl (C=O) groups excluding carboxylic acids is 4. The molecule has 0 bridgehead atoms. The van der Waals surface area contributed by atoms with Crippen LogP contribution in [0.5, 0.6) is 5.75 Å². The summed E-state index contributed by atoms with van der Waals surface area (Å²) in [5.74, 6) is -0.343. The Balaban J connectivity index is 1.43. The van der Waals surface area contributed by atoms with E-state index in [1.54, 1.807) is 51.5 Å². The van der Waals surface area contributed by atoms with Gasteiger partial charge >= 0.3 is 6.03 Å². The lowest BCUT2D eigenvalue weighted by Crippen LogP contribution is -2.76. The zero-order chi connectivity index (χ0) is 37.9. The van der Waals surface area contributed by atoms with Crippen molar-refractivity contribution in [2.24, 2.45) is 5.41 Å². The minimum absolute atomic E-state index is 0.0479. The molecule has 0 saturated carbocycles. The molecule has 2 saturated heterocycles. The summed E-state index contributed by atoms with van der Waals surface area (Å²) in [5, 5.41) is 17.1. The van der Waals surface area contributed by atoms with Crippen molar-refractivity contribution in [3.05, 3.63) is 114 Å². The van der Waals surface area contributed by atoms with Gasteiger partial charge in [0.25, 0.3) is 0 Å². The molecule has 11 heteroatoms. The van der Waals surface area contributed by atoms with E-state index in [0.29, 0.717) is 18.4 Å². The van der Waals surface area contributed by atoms with Crippen molar-refractivity contribution in [3.8, 4) is 5.75 Å². The van der Waals surface area contributed by atoms with Gasteiger partial charge in [0.05, 0.1) is 24.6 Å². The standard InChI is InChI=1S/C42H50N6O5/c1-6-12-34(32-16-11-15-31-33(25-43-39(31)32)36(50)23-42(3,4)5)46-26-37-47(35(40(46)52)22-28-17-19-30(49)20-18-28)38(51)27-45(21-7-2)48(37)41(53)44-24-29-13-9-8-10-14-29/h7-11,13-20,25,34-35,37,43,49H,2,6,12,21-24,26-27H2,1,3-5H3,(H,44,53). The average molecular weight is 719 g/mol. The maximum absolute atomic E-state index is 15.0. The van der Waals surface area contributed by atoms with E-state index in [-0.39, 0.29) is 61.4 Å². The Morgan fingerprint density at radius 3 is 2.43 bits per heavy atom. The van der Waals surface area contributed by atoms with Crippen LogP contribution in [-0.4, -0.2) is 85.4 Å². The molecule has 3 aromatic carbocycles. The first-order valence-electron chi connectivity index (χ1n) is 18.4. The van der Waals surface area contributed by atoms with Crippen molar-refractivity contribution in [2.45, 2.75) is 78.2 Å². The predicted octanol–water partition coefficient (Wildman–Crippen LogP) is 6.57. The topological polar surface area (TPSA) is 129 Å². The van der Waals surface area contributed by atoms with E-state index in [9.17, 15) is 24.3 Å². The van der Waals surface area contributed by atoms with Gasteiger partial charge in [-0.05, 0) is 40.7 Å². The largest absolute Gasteiger partial charge is 0.508 e. The molecule has 3 N–H and O–H groups in total. The first-order valence-corrected chi connectivity index (χ1v) is 18.4. The van der Waals surface area contributed by atoms with Crippen LogP contribution in [0.25, 0.3) is 10.9 Å². The first kappa shape index (κ1) is 37.3. The van der Waals surface area contributed by atoms with Gasteiger partial charge < -0.3 is 25.2 Å². The quantitative estimate of drug-likeness (QED) is 0.112. The van der Waals surface area contributed by atoms with Crippen molar-refractivity contribution < 1.29 is 24.3 Å². The molecular weight excluding hydrogens is 668 g/mol. The number of nitrogens with one attached hydrogen (secondary N) is 2. The third-order valence-corrected chi connectivity index (χ3v) is 10.0. The van der Waals surface area contributed by atoms with E-state index in [4.69, 9.17) is 0 Å². The summed E-state index contributed by atoms with van der Waals surface area (Å²) >= 11 is 0. The number of hydrogen-bond donors (Lipinski definition) is 3. The number of phenols is 1. The molecule has 6 rings (SSSR count). The van der Waals surface area contributed by atoms with Crippen LogP contribution >= 0.6 is 0 Å². The maximum Gasteiger partial charge on any atom is 0.334 e. The summed E-state index contributed by atoms with van der Waals surface area (Å²) in [6.45, 7) is 12.6. The Morgan fingerprint density at radius 2 is 1.75 bits per heavy atom. The van der Waals surface area contributed by atoms with Crippen LogP contribution in [0.1, 0.15) is 80.0 Å². The summed E-state index contributed by atoms with van der Waals surface area (Å²) in [6, 6.07) is 20.3. The highest BCUT2D eigenvalue weighted by Crippen LogP contribution is 2.38. The molecule has 0 radical (unpaired) electrons. The molecule has 2 aliphatic heterocycles. The Morgan fingerprint density at radius 1 is 1.02 bits per heavy atom. The van der Waals surface area contributed by atoms with Crippen LogP contribution in [0.4, 0.5) is 4.79 Å². The van der Waals surface area contributed by atoms with Gasteiger partial charge in [0.15, 0.2) is 5.78 Å². The molecule has 278 valence electrons. The van der Waals surface area contributed by atoms with Crippen LogP contribution in [0.3, 0.4) is 0 Å². The second-order valence-corrected chi connectivity index (χ2v) is 15.2. The highest BCUT2D eigenvalue weighted by molar-refractivity contribution is 6.08. The monoisotopic (exact) mass is 718 g/mol. The molecule has 3 heterocycles. The van der Waals surface area contributed by atoms with E-state index in [1.807, 2.05) is 74.2 Å². The highest BCUT2D eigenvalue weighted by Gasteiger charge is 2.52. The fraction of sp³-hybridized carbons (Fsp3) is 0.381. The lowest BCUT2D eigenvalue weighted by Gasteiger charge is -2.56. The van der Waals surface area contributed by atoms with Crippen molar-refractivity contribution in [1.29, 1.82) is 0 Å². The van der Waals surface area contributed by atoms with Gasteiger partial charge in [0, 0.05) is 43.1 Å². The smallest absolute Gasteiger partial charge is 0.334 e. The number of hydrazine groups is 1. The van der Waals surface area contributed by atoms with E-state index >= 15 is 0 Å². The number of para-hydroxylation sites is 1. The second kappa shape index (κ2) is 15.7. The highest BCUT2D eigenvalue weighted by atomic mass is 16.3. The number of Topliss-reactive ketones (excluding diaryl/α,β-unsaturated/α-hetero) is 1. The lowest BCUT2D eigenvalue weighted by molar-refractivity contribution is -0.191. The number of amides is 4. The normalized spacial score (nSPS) is 18.6. The Bertz CT molecular complexity index is 1970. The van der Waals surface area contributed by atoms with E-state index < -0.39 is 24.3 Å². The fourth-order valence-corrected chi connectivity index (χ4v) is 7.67. The minimum Gasteiger partial charge on any atom is -0.508 e. The molecule has 2 fully saturated rings. The number of benzene rings is 3. The number of rotatable bonds is 12. The van der Waals surface area contributed by atoms with Gasteiger partial charge in [-0.3, -0.25) is 14.4 Å². The van der Waals surface area contributed by atoms with Crippen LogP contribution in [0, 0.1) is 5.41 Å². The van der Waals surface area contributed by atoms with Gasteiger partial charge in [-0.15, -0.1) is 6.58 Å². The van der Waals surface area contributed by atoms with E-state index in [1.165, 1.54) is 0 Å². The summed E-state index contributed by atoms with van der Waals surface area (Å²) < 4.78 is 0. The molecule has 0 spiro atoms. The fourth-order valence-electron chi connectivity index (χ4n) is 7.67. The second-order valence-electron chi connectivity index (χ2n) is 15.2. The number of phenolic OH excluding ortho intramolecular Hbond substituents is 1. The molecule has 2 aliphatic rings. The van der Waals surface area contributed by atoms with Gasteiger partial charge in [-0.2, -0.15) is 0 Å². The number of hydrogen-bond acceptors (Lipinski definition) is 6. The van der Waals surface area contributed by atoms with Gasteiger partial charge in [0.2, 0.25) is 11.8 Å². The molecule has 4 aromatic rings. The molecule has 4 amide bonds. The maximum atomic E-state index is 15.0. The molecule has 0 aliphatic carbocycles. The zero-order valence-electron chi connectivity index (χ0n) is 31.0. The van der Waals surface area contributed by atoms with Crippen molar-refractivity contribution in [3.63, 3.8) is 0 Å². The summed E-state index contributed by atoms with van der Waals surface area (Å²) in [7, 11) is 0.